The fourth-order valence-electron chi connectivity index (χ4n) is 5.74. The van der Waals surface area contributed by atoms with Crippen LogP contribution in [0.5, 0.6) is 0 Å². The molecule has 3 nitrogen and oxygen atoms in total. The SMILES string of the molecule is O=C(Nc1ccc(Br)cc1)c1cc2c3c(c1)[C@@H]1C=CC[C@H]1CN3C[C@H]1CC=C[C@H]21. The number of amides is 1. The number of hydrogen-bond donors (Lipinski definition) is 1. The lowest BCUT2D eigenvalue weighted by atomic mass is 9.74. The number of halogens is 1. The zero-order valence-electron chi connectivity index (χ0n) is 16.1. The summed E-state index contributed by atoms with van der Waals surface area (Å²) in [6, 6.07) is 12.1. The summed E-state index contributed by atoms with van der Waals surface area (Å²) in [6.07, 6.45) is 11.7. The normalized spacial score (nSPS) is 28.1. The van der Waals surface area contributed by atoms with Crippen molar-refractivity contribution < 1.29 is 4.79 Å². The van der Waals surface area contributed by atoms with Gasteiger partial charge in [0.2, 0.25) is 0 Å². The molecule has 2 aliphatic carbocycles. The Morgan fingerprint density at radius 1 is 0.931 bits per heavy atom. The molecule has 29 heavy (non-hydrogen) atoms. The lowest BCUT2D eigenvalue weighted by Crippen LogP contribution is -2.43. The molecule has 0 fully saturated rings. The number of hydrogen-bond acceptors (Lipinski definition) is 2. The van der Waals surface area contributed by atoms with Crippen molar-refractivity contribution in [2.24, 2.45) is 11.8 Å². The average Bonchev–Trinajstić information content (AvgIpc) is 3.39. The Kier molecular flexibility index (Phi) is 3.98. The van der Waals surface area contributed by atoms with Crippen molar-refractivity contribution in [1.82, 2.24) is 0 Å². The van der Waals surface area contributed by atoms with Gasteiger partial charge in [0.25, 0.3) is 5.91 Å². The predicted molar refractivity (Wildman–Crippen MR) is 121 cm³/mol. The zero-order chi connectivity index (χ0) is 19.5. The van der Waals surface area contributed by atoms with Gasteiger partial charge in [-0.05, 0) is 72.2 Å². The van der Waals surface area contributed by atoms with E-state index in [4.69, 9.17) is 0 Å². The van der Waals surface area contributed by atoms with Crippen LogP contribution in [0.4, 0.5) is 11.4 Å². The quantitative estimate of drug-likeness (QED) is 0.586. The van der Waals surface area contributed by atoms with Gasteiger partial charge in [-0.25, -0.2) is 0 Å². The van der Waals surface area contributed by atoms with E-state index in [-0.39, 0.29) is 5.91 Å². The Balaban J connectivity index is 1.44. The molecule has 2 heterocycles. The van der Waals surface area contributed by atoms with Gasteiger partial charge >= 0.3 is 0 Å². The van der Waals surface area contributed by atoms with E-state index in [1.165, 1.54) is 16.8 Å². The number of benzene rings is 2. The van der Waals surface area contributed by atoms with Gasteiger partial charge in [0.1, 0.15) is 0 Å². The fourth-order valence-corrected chi connectivity index (χ4v) is 6.01. The average molecular weight is 447 g/mol. The molecule has 4 atom stereocenters. The summed E-state index contributed by atoms with van der Waals surface area (Å²) < 4.78 is 1.01. The minimum atomic E-state index is -0.0221. The van der Waals surface area contributed by atoms with Gasteiger partial charge in [-0.3, -0.25) is 4.79 Å². The fraction of sp³-hybridized carbons (Fsp3) is 0.320. The summed E-state index contributed by atoms with van der Waals surface area (Å²) in [4.78, 5) is 15.8. The number of nitrogens with zero attached hydrogens (tertiary/aromatic N) is 1. The van der Waals surface area contributed by atoms with Crippen molar-refractivity contribution in [3.8, 4) is 0 Å². The molecule has 0 aromatic heterocycles. The van der Waals surface area contributed by atoms with Crippen molar-refractivity contribution in [3.05, 3.63) is 81.9 Å². The van der Waals surface area contributed by atoms with E-state index in [0.717, 1.165) is 41.7 Å². The summed E-state index contributed by atoms with van der Waals surface area (Å²) in [5, 5.41) is 3.08. The van der Waals surface area contributed by atoms with Gasteiger partial charge in [0.05, 0.1) is 0 Å². The molecule has 0 bridgehead atoms. The van der Waals surface area contributed by atoms with Crippen LogP contribution < -0.4 is 10.2 Å². The topological polar surface area (TPSA) is 32.3 Å². The highest BCUT2D eigenvalue weighted by molar-refractivity contribution is 9.10. The number of carbonyl (C=O) groups excluding carboxylic acids is 1. The number of anilines is 2. The highest BCUT2D eigenvalue weighted by atomic mass is 79.9. The van der Waals surface area contributed by atoms with Crippen molar-refractivity contribution >= 4 is 33.2 Å². The lowest BCUT2D eigenvalue weighted by Gasteiger charge is -2.46. The maximum atomic E-state index is 13.2. The summed E-state index contributed by atoms with van der Waals surface area (Å²) in [5.74, 6) is 2.16. The molecule has 1 N–H and O–H groups in total. The molecule has 2 aromatic carbocycles. The molecule has 1 amide bonds. The molecule has 2 aromatic rings. The minimum absolute atomic E-state index is 0.0221. The standard InChI is InChI=1S/C25H23BrN2O/c26-18-7-9-19(10-8-18)27-25(29)17-11-22-20-5-1-3-15(20)13-28-14-16-4-2-6-21(16)23(12-17)24(22)28/h1-2,5-12,15-16,20-21H,3-4,13-14H2,(H,27,29)/t15-,16+,20+,21-. The molecule has 4 aliphatic rings. The molecular formula is C25H23BrN2O. The van der Waals surface area contributed by atoms with Gasteiger partial charge in [0.15, 0.2) is 0 Å². The van der Waals surface area contributed by atoms with Crippen LogP contribution in [0, 0.1) is 11.8 Å². The summed E-state index contributed by atoms with van der Waals surface area (Å²) in [5.41, 5.74) is 5.72. The predicted octanol–water partition coefficient (Wildman–Crippen LogP) is 5.85. The van der Waals surface area contributed by atoms with Crippen LogP contribution in [0.1, 0.15) is 46.2 Å². The molecule has 0 saturated carbocycles. The van der Waals surface area contributed by atoms with E-state index in [2.05, 4.69) is 62.6 Å². The van der Waals surface area contributed by atoms with Crippen LogP contribution in [0.15, 0.2) is 65.2 Å². The second kappa shape index (κ2) is 6.60. The molecule has 0 unspecified atom stereocenters. The molecule has 6 rings (SSSR count). The van der Waals surface area contributed by atoms with Crippen molar-refractivity contribution in [3.63, 3.8) is 0 Å². The van der Waals surface area contributed by atoms with Crippen LogP contribution in [0.25, 0.3) is 0 Å². The summed E-state index contributed by atoms with van der Waals surface area (Å²) in [7, 11) is 0. The van der Waals surface area contributed by atoms with E-state index in [0.29, 0.717) is 23.7 Å². The minimum Gasteiger partial charge on any atom is -0.370 e. The highest BCUT2D eigenvalue weighted by Gasteiger charge is 2.42. The second-order valence-corrected chi connectivity index (χ2v) is 9.68. The van der Waals surface area contributed by atoms with Crippen LogP contribution in [-0.4, -0.2) is 19.0 Å². The molecular weight excluding hydrogens is 424 g/mol. The zero-order valence-corrected chi connectivity index (χ0v) is 17.7. The monoisotopic (exact) mass is 446 g/mol. The summed E-state index contributed by atoms with van der Waals surface area (Å²) in [6.45, 7) is 2.29. The van der Waals surface area contributed by atoms with Gasteiger partial charge in [-0.1, -0.05) is 40.2 Å². The Morgan fingerprint density at radius 2 is 1.52 bits per heavy atom. The van der Waals surface area contributed by atoms with Crippen LogP contribution in [-0.2, 0) is 0 Å². The molecule has 146 valence electrons. The van der Waals surface area contributed by atoms with Crippen molar-refractivity contribution in [2.75, 3.05) is 23.3 Å². The summed E-state index contributed by atoms with van der Waals surface area (Å²) >= 11 is 3.45. The van der Waals surface area contributed by atoms with Crippen molar-refractivity contribution in [1.29, 1.82) is 0 Å². The highest BCUT2D eigenvalue weighted by Crippen LogP contribution is 2.53. The first kappa shape index (κ1) is 17.5. The van der Waals surface area contributed by atoms with Gasteiger partial charge in [0, 0.05) is 46.3 Å². The van der Waals surface area contributed by atoms with Gasteiger partial charge in [-0.15, -0.1) is 0 Å². The molecule has 0 radical (unpaired) electrons. The van der Waals surface area contributed by atoms with E-state index >= 15 is 0 Å². The van der Waals surface area contributed by atoms with Gasteiger partial charge in [-0.2, -0.15) is 0 Å². The Morgan fingerprint density at radius 3 is 2.10 bits per heavy atom. The largest absolute Gasteiger partial charge is 0.370 e. The number of carbonyl (C=O) groups is 1. The van der Waals surface area contributed by atoms with Crippen LogP contribution in [0.3, 0.4) is 0 Å². The van der Waals surface area contributed by atoms with Crippen LogP contribution in [0.2, 0.25) is 0 Å². The maximum absolute atomic E-state index is 13.2. The Hall–Kier alpha value is -2.33. The number of rotatable bonds is 2. The Labute approximate surface area is 179 Å². The molecule has 0 saturated heterocycles. The first-order valence-corrected chi connectivity index (χ1v) is 11.3. The third-order valence-corrected chi connectivity index (χ3v) is 7.59. The first-order chi connectivity index (χ1) is 14.2. The first-order valence-electron chi connectivity index (χ1n) is 10.5. The third-order valence-electron chi connectivity index (χ3n) is 7.06. The Bertz CT molecular complexity index is 1000. The number of nitrogens with one attached hydrogen (secondary N) is 1. The van der Waals surface area contributed by atoms with Crippen molar-refractivity contribution in [2.45, 2.75) is 24.7 Å². The third kappa shape index (κ3) is 2.80. The smallest absolute Gasteiger partial charge is 0.255 e. The van der Waals surface area contributed by atoms with E-state index < -0.39 is 0 Å². The van der Waals surface area contributed by atoms with E-state index in [1.807, 2.05) is 24.3 Å². The maximum Gasteiger partial charge on any atom is 0.255 e. The number of fused-ring (bicyclic) bond motifs is 4. The molecule has 2 aliphatic heterocycles. The van der Waals surface area contributed by atoms with E-state index in [1.54, 1.807) is 0 Å². The van der Waals surface area contributed by atoms with Gasteiger partial charge < -0.3 is 10.2 Å². The number of allylic oxidation sites excluding steroid dienone is 4. The molecule has 0 spiro atoms. The van der Waals surface area contributed by atoms with E-state index in [9.17, 15) is 4.79 Å². The molecule has 4 heteroatoms. The van der Waals surface area contributed by atoms with Crippen LogP contribution >= 0.6 is 15.9 Å². The second-order valence-electron chi connectivity index (χ2n) is 8.77. The lowest BCUT2D eigenvalue weighted by molar-refractivity contribution is 0.102.